The number of aromatic nitrogens is 2. The van der Waals surface area contributed by atoms with E-state index in [1.165, 1.54) is 12.5 Å². The normalized spacial score (nSPS) is 10.1. The summed E-state index contributed by atoms with van der Waals surface area (Å²) in [5, 5.41) is 9.10. The number of nitrogens with two attached hydrogens (primary N) is 1. The van der Waals surface area contributed by atoms with Gasteiger partial charge in [-0.05, 0) is 24.3 Å². The third-order valence-electron chi connectivity index (χ3n) is 1.97. The molecule has 0 fully saturated rings. The molecule has 5 heteroatoms. The van der Waals surface area contributed by atoms with Crippen LogP contribution in [-0.4, -0.2) is 14.7 Å². The number of rotatable bonds is 1. The molecule has 0 aliphatic rings. The second-order valence-corrected chi connectivity index (χ2v) is 3.06. The Bertz CT molecular complexity index is 531. The highest BCUT2D eigenvalue weighted by Crippen LogP contribution is 2.13. The van der Waals surface area contributed by atoms with Crippen LogP contribution in [-0.2, 0) is 0 Å². The molecular formula is C10H9N3O2. The summed E-state index contributed by atoms with van der Waals surface area (Å²) < 4.78 is 1.61. The van der Waals surface area contributed by atoms with Crippen molar-refractivity contribution in [3.8, 4) is 11.4 Å². The van der Waals surface area contributed by atoms with E-state index in [0.717, 1.165) is 5.69 Å². The van der Waals surface area contributed by atoms with Crippen LogP contribution in [0.15, 0.2) is 41.6 Å². The van der Waals surface area contributed by atoms with Gasteiger partial charge in [0.2, 0.25) is 0 Å². The predicted molar refractivity (Wildman–Crippen MR) is 55.9 cm³/mol. The average molecular weight is 203 g/mol. The van der Waals surface area contributed by atoms with Gasteiger partial charge in [0.05, 0.1) is 0 Å². The second kappa shape index (κ2) is 3.45. The Morgan fingerprint density at radius 2 is 1.93 bits per heavy atom. The SMILES string of the molecule is Nc1cn(-c2ccc(O)cc2)cnc1=O. The van der Waals surface area contributed by atoms with Crippen molar-refractivity contribution in [3.05, 3.63) is 47.1 Å². The Labute approximate surface area is 85.4 Å². The predicted octanol–water partition coefficient (Wildman–Crippen LogP) is 0.520. The number of benzene rings is 1. The molecule has 2 aromatic rings. The zero-order valence-electron chi connectivity index (χ0n) is 7.79. The van der Waals surface area contributed by atoms with Gasteiger partial charge in [0.1, 0.15) is 17.8 Å². The van der Waals surface area contributed by atoms with E-state index in [4.69, 9.17) is 10.8 Å². The average Bonchev–Trinajstić information content (AvgIpc) is 2.23. The molecule has 0 spiro atoms. The van der Waals surface area contributed by atoms with Crippen molar-refractivity contribution in [2.24, 2.45) is 0 Å². The summed E-state index contributed by atoms with van der Waals surface area (Å²) in [5.74, 6) is 0.181. The van der Waals surface area contributed by atoms with E-state index in [1.807, 2.05) is 0 Å². The van der Waals surface area contributed by atoms with Crippen LogP contribution in [0.1, 0.15) is 0 Å². The topological polar surface area (TPSA) is 81.1 Å². The van der Waals surface area contributed by atoms with Gasteiger partial charge >= 0.3 is 0 Å². The van der Waals surface area contributed by atoms with Crippen molar-refractivity contribution in [2.75, 3.05) is 5.73 Å². The lowest BCUT2D eigenvalue weighted by atomic mass is 10.3. The van der Waals surface area contributed by atoms with E-state index in [2.05, 4.69) is 4.98 Å². The van der Waals surface area contributed by atoms with Gasteiger partial charge in [0, 0.05) is 11.9 Å². The highest BCUT2D eigenvalue weighted by Gasteiger charge is 1.98. The Kier molecular flexibility index (Phi) is 2.13. The Hall–Kier alpha value is -2.30. The van der Waals surface area contributed by atoms with Crippen LogP contribution in [0.2, 0.25) is 0 Å². The van der Waals surface area contributed by atoms with Crippen molar-refractivity contribution >= 4 is 5.69 Å². The van der Waals surface area contributed by atoms with Gasteiger partial charge in [-0.15, -0.1) is 0 Å². The molecular weight excluding hydrogens is 194 g/mol. The molecule has 3 N–H and O–H groups in total. The highest BCUT2D eigenvalue weighted by molar-refractivity contribution is 5.40. The van der Waals surface area contributed by atoms with Gasteiger partial charge in [0.15, 0.2) is 0 Å². The van der Waals surface area contributed by atoms with E-state index in [9.17, 15) is 4.79 Å². The summed E-state index contributed by atoms with van der Waals surface area (Å²) in [6, 6.07) is 6.48. The quantitative estimate of drug-likeness (QED) is 0.708. The van der Waals surface area contributed by atoms with Gasteiger partial charge in [0.25, 0.3) is 5.56 Å². The maximum Gasteiger partial charge on any atom is 0.295 e. The molecule has 5 nitrogen and oxygen atoms in total. The summed E-state index contributed by atoms with van der Waals surface area (Å²) in [5.41, 5.74) is 5.86. The Balaban J connectivity index is 2.50. The first-order valence-electron chi connectivity index (χ1n) is 4.30. The largest absolute Gasteiger partial charge is 0.508 e. The third kappa shape index (κ3) is 1.80. The summed E-state index contributed by atoms with van der Waals surface area (Å²) in [6.07, 6.45) is 2.87. The third-order valence-corrected chi connectivity index (χ3v) is 1.97. The van der Waals surface area contributed by atoms with Crippen molar-refractivity contribution in [2.45, 2.75) is 0 Å². The number of anilines is 1. The van der Waals surface area contributed by atoms with E-state index in [-0.39, 0.29) is 11.4 Å². The first kappa shape index (κ1) is 9.26. The summed E-state index contributed by atoms with van der Waals surface area (Å²) in [4.78, 5) is 14.6. The molecule has 0 unspecified atom stereocenters. The molecule has 1 aromatic heterocycles. The maximum atomic E-state index is 11.0. The second-order valence-electron chi connectivity index (χ2n) is 3.06. The van der Waals surface area contributed by atoms with Crippen molar-refractivity contribution in [1.82, 2.24) is 9.55 Å². The van der Waals surface area contributed by atoms with Crippen LogP contribution in [0.3, 0.4) is 0 Å². The van der Waals surface area contributed by atoms with E-state index in [1.54, 1.807) is 28.8 Å². The molecule has 0 bridgehead atoms. The lowest BCUT2D eigenvalue weighted by molar-refractivity contribution is 0.475. The number of phenolic OH excluding ortho intramolecular Hbond substituents is 1. The zero-order valence-corrected chi connectivity index (χ0v) is 7.79. The van der Waals surface area contributed by atoms with Gasteiger partial charge < -0.3 is 15.4 Å². The standard InChI is InChI=1S/C10H9N3O2/c11-9-5-13(6-12-10(9)15)7-1-3-8(14)4-2-7/h1-6,14H,11H2. The minimum absolute atomic E-state index is 0.0885. The lowest BCUT2D eigenvalue weighted by Gasteiger charge is -2.05. The molecule has 15 heavy (non-hydrogen) atoms. The Morgan fingerprint density at radius 3 is 2.53 bits per heavy atom. The molecule has 0 saturated heterocycles. The first-order chi connectivity index (χ1) is 7.16. The van der Waals surface area contributed by atoms with Crippen molar-refractivity contribution in [3.63, 3.8) is 0 Å². The van der Waals surface area contributed by atoms with E-state index in [0.29, 0.717) is 0 Å². The molecule has 2 rings (SSSR count). The van der Waals surface area contributed by atoms with Gasteiger partial charge in [-0.2, -0.15) is 4.98 Å². The number of nitrogen functional groups attached to an aromatic ring is 1. The van der Waals surface area contributed by atoms with E-state index < -0.39 is 5.56 Å². The lowest BCUT2D eigenvalue weighted by Crippen LogP contribution is -2.14. The van der Waals surface area contributed by atoms with Crippen LogP contribution in [0.25, 0.3) is 5.69 Å². The molecule has 76 valence electrons. The number of hydrogen-bond acceptors (Lipinski definition) is 4. The molecule has 0 aliphatic heterocycles. The fourth-order valence-electron chi connectivity index (χ4n) is 1.19. The van der Waals surface area contributed by atoms with Crippen molar-refractivity contribution in [1.29, 1.82) is 0 Å². The molecule has 0 saturated carbocycles. The molecule has 0 amide bonds. The molecule has 1 aromatic carbocycles. The summed E-state index contributed by atoms with van der Waals surface area (Å²) >= 11 is 0. The van der Waals surface area contributed by atoms with Gasteiger partial charge in [-0.25, -0.2) is 0 Å². The molecule has 1 heterocycles. The molecule has 0 radical (unpaired) electrons. The highest BCUT2D eigenvalue weighted by atomic mass is 16.3. The Morgan fingerprint density at radius 1 is 1.27 bits per heavy atom. The van der Waals surface area contributed by atoms with Crippen LogP contribution in [0.4, 0.5) is 5.69 Å². The van der Waals surface area contributed by atoms with Gasteiger partial charge in [-0.3, -0.25) is 4.79 Å². The zero-order chi connectivity index (χ0) is 10.8. The smallest absolute Gasteiger partial charge is 0.295 e. The fourth-order valence-corrected chi connectivity index (χ4v) is 1.19. The minimum atomic E-state index is -0.440. The van der Waals surface area contributed by atoms with Crippen molar-refractivity contribution < 1.29 is 5.11 Å². The van der Waals surface area contributed by atoms with E-state index >= 15 is 0 Å². The molecule has 0 aliphatic carbocycles. The van der Waals surface area contributed by atoms with Crippen LogP contribution >= 0.6 is 0 Å². The minimum Gasteiger partial charge on any atom is -0.508 e. The van der Waals surface area contributed by atoms with Crippen LogP contribution in [0.5, 0.6) is 5.75 Å². The number of nitrogens with zero attached hydrogens (tertiary/aromatic N) is 2. The number of phenols is 1. The number of aromatic hydroxyl groups is 1. The number of hydrogen-bond donors (Lipinski definition) is 2. The van der Waals surface area contributed by atoms with Crippen LogP contribution < -0.4 is 11.3 Å². The maximum absolute atomic E-state index is 11.0. The van der Waals surface area contributed by atoms with Gasteiger partial charge in [-0.1, -0.05) is 0 Å². The van der Waals surface area contributed by atoms with Crippen LogP contribution in [0, 0.1) is 0 Å². The molecule has 0 atom stereocenters. The summed E-state index contributed by atoms with van der Waals surface area (Å²) in [6.45, 7) is 0. The first-order valence-corrected chi connectivity index (χ1v) is 4.30. The monoisotopic (exact) mass is 203 g/mol. The summed E-state index contributed by atoms with van der Waals surface area (Å²) in [7, 11) is 0. The fraction of sp³-hybridized carbons (Fsp3) is 0.